The van der Waals surface area contributed by atoms with Crippen LogP contribution in [-0.4, -0.2) is 5.78 Å². The molecule has 0 spiro atoms. The van der Waals surface area contributed by atoms with Crippen molar-refractivity contribution in [3.8, 4) is 0 Å². The fraction of sp³-hybridized carbons (Fsp3) is 0.947. The van der Waals surface area contributed by atoms with Crippen molar-refractivity contribution in [2.24, 2.45) is 22.7 Å². The van der Waals surface area contributed by atoms with E-state index in [-0.39, 0.29) is 11.8 Å². The number of rotatable bonds is 8. The fourth-order valence-electron chi connectivity index (χ4n) is 2.64. The third-order valence-electron chi connectivity index (χ3n) is 4.28. The van der Waals surface area contributed by atoms with Crippen molar-refractivity contribution in [1.82, 2.24) is 0 Å². The molecule has 20 heavy (non-hydrogen) atoms. The molecule has 0 N–H and O–H groups in total. The molecule has 0 aromatic rings. The van der Waals surface area contributed by atoms with E-state index in [2.05, 4.69) is 55.4 Å². The Hall–Kier alpha value is -0.330. The molecule has 0 heterocycles. The molecule has 2 unspecified atom stereocenters. The molecule has 0 rings (SSSR count). The molecular weight excluding hydrogens is 244 g/mol. The lowest BCUT2D eigenvalue weighted by Crippen LogP contribution is -2.25. The minimum absolute atomic E-state index is 0.277. The zero-order valence-corrected chi connectivity index (χ0v) is 15.3. The van der Waals surface area contributed by atoms with Gasteiger partial charge in [-0.2, -0.15) is 0 Å². The zero-order valence-electron chi connectivity index (χ0n) is 15.3. The van der Waals surface area contributed by atoms with Crippen LogP contribution in [0.3, 0.4) is 0 Å². The summed E-state index contributed by atoms with van der Waals surface area (Å²) >= 11 is 0. The summed E-state index contributed by atoms with van der Waals surface area (Å²) in [4.78, 5) is 12.7. The van der Waals surface area contributed by atoms with Crippen LogP contribution in [0.2, 0.25) is 0 Å². The van der Waals surface area contributed by atoms with E-state index in [1.807, 2.05) is 0 Å². The van der Waals surface area contributed by atoms with Crippen LogP contribution in [0.15, 0.2) is 0 Å². The highest BCUT2D eigenvalue weighted by molar-refractivity contribution is 5.83. The maximum atomic E-state index is 12.7. The Kier molecular flexibility index (Phi) is 8.06. The Bertz CT molecular complexity index is 249. The normalized spacial score (nSPS) is 16.0. The largest absolute Gasteiger partial charge is 0.299 e. The first-order valence-corrected chi connectivity index (χ1v) is 8.54. The SMILES string of the molecule is CCC(CCC(C)(C)C)C(=O)C(CC)CCC(C)(C)C. The van der Waals surface area contributed by atoms with E-state index >= 15 is 0 Å². The van der Waals surface area contributed by atoms with Crippen LogP contribution in [-0.2, 0) is 4.79 Å². The zero-order chi connectivity index (χ0) is 16.0. The van der Waals surface area contributed by atoms with E-state index in [0.717, 1.165) is 38.5 Å². The van der Waals surface area contributed by atoms with Crippen molar-refractivity contribution < 1.29 is 4.79 Å². The van der Waals surface area contributed by atoms with E-state index in [4.69, 9.17) is 0 Å². The minimum Gasteiger partial charge on any atom is -0.299 e. The fourth-order valence-corrected chi connectivity index (χ4v) is 2.64. The maximum Gasteiger partial charge on any atom is 0.139 e. The van der Waals surface area contributed by atoms with Crippen molar-refractivity contribution in [3.05, 3.63) is 0 Å². The summed E-state index contributed by atoms with van der Waals surface area (Å²) in [6.07, 6.45) is 6.41. The van der Waals surface area contributed by atoms with Crippen molar-refractivity contribution in [1.29, 1.82) is 0 Å². The number of ketones is 1. The van der Waals surface area contributed by atoms with Gasteiger partial charge in [0.2, 0.25) is 0 Å². The van der Waals surface area contributed by atoms with Crippen molar-refractivity contribution >= 4 is 5.78 Å². The van der Waals surface area contributed by atoms with E-state index in [1.54, 1.807) is 0 Å². The first kappa shape index (κ1) is 19.7. The highest BCUT2D eigenvalue weighted by atomic mass is 16.1. The summed E-state index contributed by atoms with van der Waals surface area (Å²) in [5.74, 6) is 1.08. The first-order chi connectivity index (χ1) is 9.00. The second-order valence-corrected chi connectivity index (χ2v) is 8.81. The van der Waals surface area contributed by atoms with Crippen molar-refractivity contribution in [3.63, 3.8) is 0 Å². The molecule has 0 saturated carbocycles. The summed E-state index contributed by atoms with van der Waals surface area (Å²) in [6, 6.07) is 0. The van der Waals surface area contributed by atoms with Gasteiger partial charge in [-0.05, 0) is 49.4 Å². The van der Waals surface area contributed by atoms with Gasteiger partial charge in [0.05, 0.1) is 0 Å². The van der Waals surface area contributed by atoms with Gasteiger partial charge in [0.25, 0.3) is 0 Å². The van der Waals surface area contributed by atoms with Crippen LogP contribution in [0.1, 0.15) is 93.9 Å². The molecule has 0 aliphatic rings. The van der Waals surface area contributed by atoms with Crippen LogP contribution in [0.4, 0.5) is 0 Å². The molecule has 0 aliphatic heterocycles. The summed E-state index contributed by atoms with van der Waals surface area (Å²) in [6.45, 7) is 17.9. The highest BCUT2D eigenvalue weighted by Gasteiger charge is 2.26. The summed E-state index contributed by atoms with van der Waals surface area (Å²) in [5, 5.41) is 0. The van der Waals surface area contributed by atoms with Crippen LogP contribution in [0, 0.1) is 22.7 Å². The molecule has 2 atom stereocenters. The number of hydrogen-bond acceptors (Lipinski definition) is 1. The average molecular weight is 283 g/mol. The van der Waals surface area contributed by atoms with Gasteiger partial charge in [-0.25, -0.2) is 0 Å². The summed E-state index contributed by atoms with van der Waals surface area (Å²) < 4.78 is 0. The molecule has 120 valence electrons. The van der Waals surface area contributed by atoms with Gasteiger partial charge in [0.1, 0.15) is 5.78 Å². The third kappa shape index (κ3) is 8.76. The molecule has 0 radical (unpaired) electrons. The van der Waals surface area contributed by atoms with Gasteiger partial charge in [-0.1, -0.05) is 55.4 Å². The lowest BCUT2D eigenvalue weighted by molar-refractivity contribution is -0.127. The summed E-state index contributed by atoms with van der Waals surface area (Å²) in [7, 11) is 0. The molecule has 1 nitrogen and oxygen atoms in total. The molecule has 0 saturated heterocycles. The molecule has 1 heteroatoms. The van der Waals surface area contributed by atoms with E-state index in [9.17, 15) is 4.79 Å². The van der Waals surface area contributed by atoms with E-state index in [1.165, 1.54) is 0 Å². The quantitative estimate of drug-likeness (QED) is 0.513. The van der Waals surface area contributed by atoms with Gasteiger partial charge < -0.3 is 0 Å². The topological polar surface area (TPSA) is 17.1 Å². The number of carbonyl (C=O) groups is 1. The number of hydrogen-bond donors (Lipinski definition) is 0. The monoisotopic (exact) mass is 282 g/mol. The number of Topliss-reactive ketones (excluding diaryl/α,β-unsaturated/α-hetero) is 1. The molecule has 0 aromatic carbocycles. The van der Waals surface area contributed by atoms with Crippen molar-refractivity contribution in [2.75, 3.05) is 0 Å². The minimum atomic E-state index is 0.277. The average Bonchev–Trinajstić information content (AvgIpc) is 2.27. The Morgan fingerprint density at radius 2 is 1.05 bits per heavy atom. The molecule has 0 fully saturated rings. The molecule has 0 aromatic heterocycles. The van der Waals surface area contributed by atoms with Gasteiger partial charge >= 0.3 is 0 Å². The third-order valence-corrected chi connectivity index (χ3v) is 4.28. The Balaban J connectivity index is 4.53. The highest BCUT2D eigenvalue weighted by Crippen LogP contribution is 2.31. The van der Waals surface area contributed by atoms with Crippen molar-refractivity contribution in [2.45, 2.75) is 93.9 Å². The maximum absolute atomic E-state index is 12.7. The first-order valence-electron chi connectivity index (χ1n) is 8.54. The summed E-state index contributed by atoms with van der Waals surface area (Å²) in [5.41, 5.74) is 0.668. The number of carbonyl (C=O) groups excluding carboxylic acids is 1. The smallest absolute Gasteiger partial charge is 0.139 e. The molecule has 0 bridgehead atoms. The predicted molar refractivity (Wildman–Crippen MR) is 89.9 cm³/mol. The Morgan fingerprint density at radius 1 is 0.750 bits per heavy atom. The Morgan fingerprint density at radius 3 is 1.25 bits per heavy atom. The standard InChI is InChI=1S/C19H38O/c1-9-15(11-13-18(3,4)5)17(20)16(10-2)12-14-19(6,7)8/h15-16H,9-14H2,1-8H3. The second-order valence-electron chi connectivity index (χ2n) is 8.81. The van der Waals surface area contributed by atoms with Crippen LogP contribution >= 0.6 is 0 Å². The second kappa shape index (κ2) is 8.20. The molecular formula is C19H38O. The molecule has 0 aliphatic carbocycles. The van der Waals surface area contributed by atoms with Crippen LogP contribution in [0.25, 0.3) is 0 Å². The van der Waals surface area contributed by atoms with Crippen LogP contribution in [0.5, 0.6) is 0 Å². The lowest BCUT2D eigenvalue weighted by atomic mass is 9.78. The van der Waals surface area contributed by atoms with E-state index in [0.29, 0.717) is 16.6 Å². The van der Waals surface area contributed by atoms with Gasteiger partial charge in [-0.3, -0.25) is 4.79 Å². The van der Waals surface area contributed by atoms with Gasteiger partial charge in [0, 0.05) is 11.8 Å². The van der Waals surface area contributed by atoms with Gasteiger partial charge in [-0.15, -0.1) is 0 Å². The molecule has 0 amide bonds. The van der Waals surface area contributed by atoms with E-state index < -0.39 is 0 Å². The van der Waals surface area contributed by atoms with Gasteiger partial charge in [0.15, 0.2) is 0 Å². The lowest BCUT2D eigenvalue weighted by Gasteiger charge is -2.26. The van der Waals surface area contributed by atoms with Crippen LogP contribution < -0.4 is 0 Å². The Labute approximate surface area is 127 Å². The predicted octanol–water partition coefficient (Wildman–Crippen LogP) is 6.26.